The van der Waals surface area contributed by atoms with Gasteiger partial charge in [-0.1, -0.05) is 18.2 Å². The van der Waals surface area contributed by atoms with E-state index in [1.54, 1.807) is 21.3 Å². The van der Waals surface area contributed by atoms with E-state index >= 15 is 0 Å². The van der Waals surface area contributed by atoms with Gasteiger partial charge in [0.1, 0.15) is 11.3 Å². The number of fused-ring (bicyclic) bond motifs is 2. The molecule has 8 nitrogen and oxygen atoms in total. The monoisotopic (exact) mass is 513 g/mol. The molecule has 0 N–H and O–H groups in total. The highest BCUT2D eigenvalue weighted by Crippen LogP contribution is 2.43. The quantitative estimate of drug-likeness (QED) is 0.261. The van der Waals surface area contributed by atoms with Crippen molar-refractivity contribution >= 4 is 27.9 Å². The molecule has 0 bridgehead atoms. The third-order valence-corrected chi connectivity index (χ3v) is 6.42. The molecule has 0 unspecified atom stereocenters. The van der Waals surface area contributed by atoms with Gasteiger partial charge in [0.05, 0.1) is 26.8 Å². The Morgan fingerprint density at radius 3 is 2.16 bits per heavy atom. The van der Waals surface area contributed by atoms with Gasteiger partial charge >= 0.3 is 6.09 Å². The number of ether oxygens (including phenoxy) is 4. The zero-order valence-electron chi connectivity index (χ0n) is 22.7. The highest BCUT2D eigenvalue weighted by Gasteiger charge is 2.25. The summed E-state index contributed by atoms with van der Waals surface area (Å²) in [6.45, 7) is 5.49. The molecule has 0 spiro atoms. The molecule has 0 saturated heterocycles. The molecule has 2 aromatic heterocycles. The lowest BCUT2D eigenvalue weighted by atomic mass is 9.98. The van der Waals surface area contributed by atoms with Crippen molar-refractivity contribution in [3.8, 4) is 39.6 Å². The number of carbonyl (C=O) groups is 1. The van der Waals surface area contributed by atoms with E-state index in [1.165, 1.54) is 4.68 Å². The standard InChI is InChI=1S/C30H31N3O5/c1-30(2,3)38-29(34)33-24-12-11-18(20-9-8-10-23-21(20)13-14-32(23)4)15-22(24)27(31-33)19-16-25(35-5)28(37-7)26(17-19)36-6/h8-17H,1-7H3. The summed E-state index contributed by atoms with van der Waals surface area (Å²) in [6, 6.07) is 18.0. The molecule has 196 valence electrons. The zero-order chi connectivity index (χ0) is 27.2. The fourth-order valence-corrected chi connectivity index (χ4v) is 4.72. The Morgan fingerprint density at radius 2 is 1.53 bits per heavy atom. The molecule has 0 saturated carbocycles. The van der Waals surface area contributed by atoms with Crippen LogP contribution in [0.25, 0.3) is 44.2 Å². The third-order valence-electron chi connectivity index (χ3n) is 6.42. The molecule has 5 rings (SSSR count). The SMILES string of the molecule is COc1cc(-c2nn(C(=O)OC(C)(C)C)c3ccc(-c4cccc5c4ccn5C)cc23)cc(OC)c1OC. The summed E-state index contributed by atoms with van der Waals surface area (Å²) >= 11 is 0. The molecule has 0 aliphatic heterocycles. The summed E-state index contributed by atoms with van der Waals surface area (Å²) in [6.07, 6.45) is 1.49. The van der Waals surface area contributed by atoms with Gasteiger partial charge in [0.25, 0.3) is 0 Å². The average Bonchev–Trinajstić information content (AvgIpc) is 3.47. The smallest absolute Gasteiger partial charge is 0.435 e. The van der Waals surface area contributed by atoms with Crippen molar-refractivity contribution in [3.63, 3.8) is 0 Å². The highest BCUT2D eigenvalue weighted by atomic mass is 16.6. The second kappa shape index (κ2) is 9.45. The van der Waals surface area contributed by atoms with Crippen LogP contribution in [-0.2, 0) is 11.8 Å². The number of methoxy groups -OCH3 is 3. The van der Waals surface area contributed by atoms with Gasteiger partial charge in [-0.05, 0) is 68.3 Å². The van der Waals surface area contributed by atoms with Crippen LogP contribution in [-0.4, -0.2) is 47.4 Å². The van der Waals surface area contributed by atoms with E-state index in [1.807, 2.05) is 58.2 Å². The fourth-order valence-electron chi connectivity index (χ4n) is 4.72. The van der Waals surface area contributed by atoms with Crippen molar-refractivity contribution in [2.75, 3.05) is 21.3 Å². The zero-order valence-corrected chi connectivity index (χ0v) is 22.7. The first-order valence-electron chi connectivity index (χ1n) is 12.3. The van der Waals surface area contributed by atoms with Crippen molar-refractivity contribution in [1.82, 2.24) is 14.3 Å². The largest absolute Gasteiger partial charge is 0.493 e. The van der Waals surface area contributed by atoms with E-state index in [0.29, 0.717) is 34.0 Å². The van der Waals surface area contributed by atoms with Crippen molar-refractivity contribution in [2.45, 2.75) is 26.4 Å². The van der Waals surface area contributed by atoms with E-state index in [-0.39, 0.29) is 0 Å². The molecule has 0 aliphatic carbocycles. The van der Waals surface area contributed by atoms with Crippen LogP contribution in [0.3, 0.4) is 0 Å². The number of benzene rings is 3. The Balaban J connectivity index is 1.77. The van der Waals surface area contributed by atoms with E-state index in [2.05, 4.69) is 35.0 Å². The van der Waals surface area contributed by atoms with Crippen molar-refractivity contribution in [1.29, 1.82) is 0 Å². The molecule has 2 heterocycles. The molecule has 0 amide bonds. The Bertz CT molecular complexity index is 1650. The van der Waals surface area contributed by atoms with Crippen molar-refractivity contribution in [3.05, 3.63) is 60.8 Å². The van der Waals surface area contributed by atoms with Crippen LogP contribution in [0.15, 0.2) is 60.8 Å². The maximum absolute atomic E-state index is 13.2. The van der Waals surface area contributed by atoms with Gasteiger partial charge in [0.2, 0.25) is 5.75 Å². The maximum atomic E-state index is 13.2. The minimum absolute atomic E-state index is 0.478. The van der Waals surface area contributed by atoms with Gasteiger partial charge in [-0.15, -0.1) is 0 Å². The third kappa shape index (κ3) is 4.32. The fraction of sp³-hybridized carbons (Fsp3) is 0.267. The topological polar surface area (TPSA) is 76.7 Å². The molecular formula is C30H31N3O5. The van der Waals surface area contributed by atoms with Gasteiger partial charge in [-0.25, -0.2) is 4.79 Å². The number of aryl methyl sites for hydroxylation is 1. The molecule has 5 aromatic rings. The molecule has 0 fully saturated rings. The normalized spacial score (nSPS) is 11.7. The lowest BCUT2D eigenvalue weighted by Gasteiger charge is -2.19. The van der Waals surface area contributed by atoms with Crippen molar-refractivity contribution in [2.24, 2.45) is 7.05 Å². The number of nitrogens with zero attached hydrogens (tertiary/aromatic N) is 3. The molecule has 3 aromatic carbocycles. The Hall–Kier alpha value is -4.46. The van der Waals surface area contributed by atoms with Crippen LogP contribution in [0, 0.1) is 0 Å². The first-order chi connectivity index (χ1) is 18.1. The number of aromatic nitrogens is 3. The van der Waals surface area contributed by atoms with E-state index < -0.39 is 11.7 Å². The first-order valence-corrected chi connectivity index (χ1v) is 12.3. The Morgan fingerprint density at radius 1 is 0.816 bits per heavy atom. The van der Waals surface area contributed by atoms with E-state index in [4.69, 9.17) is 24.0 Å². The van der Waals surface area contributed by atoms with Crippen LogP contribution in [0.1, 0.15) is 20.8 Å². The predicted molar refractivity (Wildman–Crippen MR) is 148 cm³/mol. The maximum Gasteiger partial charge on any atom is 0.435 e. The molecule has 0 aliphatic rings. The number of rotatable bonds is 5. The number of carbonyl (C=O) groups excluding carboxylic acids is 1. The second-order valence-electron chi connectivity index (χ2n) is 10.1. The van der Waals surface area contributed by atoms with Crippen LogP contribution in [0.2, 0.25) is 0 Å². The molecule has 0 radical (unpaired) electrons. The summed E-state index contributed by atoms with van der Waals surface area (Å²) < 4.78 is 25.7. The minimum Gasteiger partial charge on any atom is -0.493 e. The summed E-state index contributed by atoms with van der Waals surface area (Å²) in [5.41, 5.74) is 4.49. The minimum atomic E-state index is -0.676. The van der Waals surface area contributed by atoms with Crippen LogP contribution >= 0.6 is 0 Å². The van der Waals surface area contributed by atoms with E-state index in [0.717, 1.165) is 27.4 Å². The lowest BCUT2D eigenvalue weighted by molar-refractivity contribution is 0.0523. The average molecular weight is 514 g/mol. The summed E-state index contributed by atoms with van der Waals surface area (Å²) in [4.78, 5) is 13.2. The summed E-state index contributed by atoms with van der Waals surface area (Å²) in [7, 11) is 6.72. The first kappa shape index (κ1) is 25.2. The molecule has 38 heavy (non-hydrogen) atoms. The highest BCUT2D eigenvalue weighted by molar-refractivity contribution is 6.03. The van der Waals surface area contributed by atoms with Gasteiger partial charge in [0, 0.05) is 35.1 Å². The molecule has 8 heteroatoms. The lowest BCUT2D eigenvalue weighted by Crippen LogP contribution is -2.27. The predicted octanol–water partition coefficient (Wildman–Crippen LogP) is 6.67. The second-order valence-corrected chi connectivity index (χ2v) is 10.1. The summed E-state index contributed by atoms with van der Waals surface area (Å²) in [5.74, 6) is 1.46. The van der Waals surface area contributed by atoms with Crippen molar-refractivity contribution < 1.29 is 23.7 Å². The number of hydrogen-bond donors (Lipinski definition) is 0. The van der Waals surface area contributed by atoms with Gasteiger partial charge in [-0.2, -0.15) is 9.78 Å². The van der Waals surface area contributed by atoms with Gasteiger partial charge in [0.15, 0.2) is 11.5 Å². The molecule has 0 atom stereocenters. The van der Waals surface area contributed by atoms with Gasteiger partial charge in [-0.3, -0.25) is 0 Å². The number of hydrogen-bond acceptors (Lipinski definition) is 6. The van der Waals surface area contributed by atoms with Crippen LogP contribution < -0.4 is 14.2 Å². The van der Waals surface area contributed by atoms with Crippen LogP contribution in [0.4, 0.5) is 4.79 Å². The van der Waals surface area contributed by atoms with Crippen LogP contribution in [0.5, 0.6) is 17.2 Å². The molecular weight excluding hydrogens is 482 g/mol. The Labute approximate surface area is 221 Å². The Kier molecular flexibility index (Phi) is 6.26. The van der Waals surface area contributed by atoms with Gasteiger partial charge < -0.3 is 23.5 Å². The van der Waals surface area contributed by atoms with E-state index in [9.17, 15) is 4.79 Å². The summed E-state index contributed by atoms with van der Waals surface area (Å²) in [5, 5.41) is 6.67.